The van der Waals surface area contributed by atoms with Crippen LogP contribution >= 0.6 is 0 Å². The minimum absolute atomic E-state index is 0.0136. The maximum atomic E-state index is 12.5. The van der Waals surface area contributed by atoms with E-state index in [1.807, 2.05) is 0 Å². The molecule has 9 heteroatoms. The highest BCUT2D eigenvalue weighted by atomic mass is 16.6. The van der Waals surface area contributed by atoms with Gasteiger partial charge in [0.2, 0.25) is 6.10 Å². The molecule has 2 aromatic carbocycles. The molecule has 1 aliphatic heterocycles. The van der Waals surface area contributed by atoms with Crippen LogP contribution in [0.1, 0.15) is 10.5 Å². The van der Waals surface area contributed by atoms with Crippen LogP contribution in [-0.4, -0.2) is 34.3 Å². The fourth-order valence-electron chi connectivity index (χ4n) is 2.87. The maximum Gasteiger partial charge on any atom is 0.290 e. The number of nitrogens with one attached hydrogen (secondary N) is 2. The molecule has 0 bridgehead atoms. The summed E-state index contributed by atoms with van der Waals surface area (Å²) in [6.45, 7) is 0.0136. The van der Waals surface area contributed by atoms with Gasteiger partial charge < -0.3 is 9.47 Å². The van der Waals surface area contributed by atoms with Crippen LogP contribution in [-0.2, 0) is 11.8 Å². The van der Waals surface area contributed by atoms with Crippen molar-refractivity contribution in [2.45, 2.75) is 6.10 Å². The van der Waals surface area contributed by atoms with E-state index in [0.29, 0.717) is 22.3 Å². The molecule has 0 radical (unpaired) electrons. The summed E-state index contributed by atoms with van der Waals surface area (Å²) in [7, 11) is 1.45. The Hall–Kier alpha value is -3.88. The van der Waals surface area contributed by atoms with Crippen molar-refractivity contribution in [1.82, 2.24) is 20.6 Å². The molecular formula is C19H16N4O5. The number of carbonyl (C=O) groups excluding carboxylic acids is 2. The van der Waals surface area contributed by atoms with Gasteiger partial charge in [-0.2, -0.15) is 5.10 Å². The van der Waals surface area contributed by atoms with Crippen molar-refractivity contribution < 1.29 is 19.1 Å². The van der Waals surface area contributed by atoms with Gasteiger partial charge in [0, 0.05) is 12.4 Å². The highest BCUT2D eigenvalue weighted by Crippen LogP contribution is 2.30. The number of nitrogens with zero attached hydrogens (tertiary/aromatic N) is 2. The SMILES string of the molecule is Cn1nc(C(=O)NNC(=O)[C@H]2COc3ccccc3O2)c2ccccc2c1=O. The molecule has 1 aliphatic rings. The lowest BCUT2D eigenvalue weighted by atomic mass is 10.1. The molecule has 2 heterocycles. The van der Waals surface area contributed by atoms with E-state index >= 15 is 0 Å². The summed E-state index contributed by atoms with van der Waals surface area (Å²) in [6.07, 6.45) is -0.917. The summed E-state index contributed by atoms with van der Waals surface area (Å²) in [5, 5.41) is 4.76. The Morgan fingerprint density at radius 1 is 1.04 bits per heavy atom. The number of carbonyl (C=O) groups is 2. The molecule has 1 atom stereocenters. The molecule has 142 valence electrons. The summed E-state index contributed by atoms with van der Waals surface area (Å²) in [5.74, 6) is -0.225. The first-order chi connectivity index (χ1) is 13.5. The number of rotatable bonds is 2. The Bertz CT molecular complexity index is 1140. The molecule has 0 unspecified atom stereocenters. The lowest BCUT2D eigenvalue weighted by Gasteiger charge is -2.25. The summed E-state index contributed by atoms with van der Waals surface area (Å²) in [4.78, 5) is 37.0. The van der Waals surface area contributed by atoms with Crippen LogP contribution in [0.25, 0.3) is 10.8 Å². The summed E-state index contributed by atoms with van der Waals surface area (Å²) in [5.41, 5.74) is 4.32. The average molecular weight is 380 g/mol. The quantitative estimate of drug-likeness (QED) is 0.628. The van der Waals surface area contributed by atoms with Crippen LogP contribution in [0.2, 0.25) is 0 Å². The van der Waals surface area contributed by atoms with Crippen LogP contribution in [0.5, 0.6) is 11.5 Å². The Kier molecular flexibility index (Phi) is 4.40. The van der Waals surface area contributed by atoms with Gasteiger partial charge in [0.15, 0.2) is 17.2 Å². The number of hydrogen-bond acceptors (Lipinski definition) is 6. The number of hydrazine groups is 1. The summed E-state index contributed by atoms with van der Waals surface area (Å²) in [6, 6.07) is 13.6. The van der Waals surface area contributed by atoms with E-state index in [9.17, 15) is 14.4 Å². The number of amides is 2. The van der Waals surface area contributed by atoms with Gasteiger partial charge in [-0.3, -0.25) is 25.2 Å². The third-order valence-electron chi connectivity index (χ3n) is 4.27. The van der Waals surface area contributed by atoms with Gasteiger partial charge in [0.05, 0.1) is 5.39 Å². The van der Waals surface area contributed by atoms with Gasteiger partial charge in [0.25, 0.3) is 17.4 Å². The molecule has 0 saturated carbocycles. The predicted molar refractivity (Wildman–Crippen MR) is 98.9 cm³/mol. The molecular weight excluding hydrogens is 364 g/mol. The molecule has 9 nitrogen and oxygen atoms in total. The normalized spacial score (nSPS) is 15.1. The minimum atomic E-state index is -0.917. The zero-order chi connectivity index (χ0) is 19.7. The highest BCUT2D eigenvalue weighted by Gasteiger charge is 2.28. The second-order valence-corrected chi connectivity index (χ2v) is 6.13. The first-order valence-corrected chi connectivity index (χ1v) is 8.49. The van der Waals surface area contributed by atoms with E-state index in [2.05, 4.69) is 16.0 Å². The van der Waals surface area contributed by atoms with Gasteiger partial charge in [0.1, 0.15) is 6.61 Å². The molecule has 0 spiro atoms. The molecule has 28 heavy (non-hydrogen) atoms. The van der Waals surface area contributed by atoms with Crippen molar-refractivity contribution >= 4 is 22.6 Å². The smallest absolute Gasteiger partial charge is 0.290 e. The van der Waals surface area contributed by atoms with Crippen LogP contribution in [0.15, 0.2) is 53.3 Å². The molecule has 2 N–H and O–H groups in total. The number of hydrogen-bond donors (Lipinski definition) is 2. The Morgan fingerprint density at radius 2 is 1.71 bits per heavy atom. The fourth-order valence-corrected chi connectivity index (χ4v) is 2.87. The third-order valence-corrected chi connectivity index (χ3v) is 4.27. The topological polar surface area (TPSA) is 112 Å². The van der Waals surface area contributed by atoms with Crippen LogP contribution in [0, 0.1) is 0 Å². The molecule has 3 aromatic rings. The number of ether oxygens (including phenoxy) is 2. The minimum Gasteiger partial charge on any atom is -0.485 e. The molecule has 4 rings (SSSR count). The third kappa shape index (κ3) is 3.13. The summed E-state index contributed by atoms with van der Waals surface area (Å²) >= 11 is 0. The van der Waals surface area contributed by atoms with Crippen LogP contribution in [0.4, 0.5) is 0 Å². The molecule has 0 aliphatic carbocycles. The van der Waals surface area contributed by atoms with E-state index in [1.165, 1.54) is 7.05 Å². The lowest BCUT2D eigenvalue weighted by Crippen LogP contribution is -2.51. The molecule has 2 amide bonds. The van der Waals surface area contributed by atoms with Crippen LogP contribution in [0.3, 0.4) is 0 Å². The molecule has 0 saturated heterocycles. The molecule has 1 aromatic heterocycles. The largest absolute Gasteiger partial charge is 0.485 e. The van der Waals surface area contributed by atoms with Crippen molar-refractivity contribution in [2.24, 2.45) is 7.05 Å². The van der Waals surface area contributed by atoms with Gasteiger partial charge >= 0.3 is 0 Å². The van der Waals surface area contributed by atoms with Crippen molar-refractivity contribution in [3.8, 4) is 11.5 Å². The Balaban J connectivity index is 1.48. The van der Waals surface area contributed by atoms with Gasteiger partial charge in [-0.25, -0.2) is 4.68 Å². The van der Waals surface area contributed by atoms with Crippen LogP contribution < -0.4 is 25.9 Å². The average Bonchev–Trinajstić information content (AvgIpc) is 2.74. The number of aryl methyl sites for hydroxylation is 1. The fraction of sp³-hybridized carbons (Fsp3) is 0.158. The number of aromatic nitrogens is 2. The van der Waals surface area contributed by atoms with Crippen molar-refractivity contribution in [3.63, 3.8) is 0 Å². The van der Waals surface area contributed by atoms with Crippen molar-refractivity contribution in [3.05, 3.63) is 64.6 Å². The van der Waals surface area contributed by atoms with Gasteiger partial charge in [-0.05, 0) is 18.2 Å². The van der Waals surface area contributed by atoms with Gasteiger partial charge in [-0.1, -0.05) is 30.3 Å². The second-order valence-electron chi connectivity index (χ2n) is 6.13. The zero-order valence-electron chi connectivity index (χ0n) is 14.8. The van der Waals surface area contributed by atoms with E-state index in [-0.39, 0.29) is 17.9 Å². The number of para-hydroxylation sites is 2. The zero-order valence-corrected chi connectivity index (χ0v) is 14.8. The Labute approximate surface area is 158 Å². The van der Waals surface area contributed by atoms with Crippen molar-refractivity contribution in [2.75, 3.05) is 6.61 Å². The first kappa shape index (κ1) is 17.5. The molecule has 0 fully saturated rings. The van der Waals surface area contributed by atoms with E-state index in [1.54, 1.807) is 48.5 Å². The standard InChI is InChI=1S/C19H16N4O5/c1-23-19(26)12-7-3-2-6-11(12)16(22-23)18(25)21-20-17(24)15-10-27-13-8-4-5-9-14(13)28-15/h2-9,15H,10H2,1H3,(H,20,24)(H,21,25)/t15-/m1/s1. The Morgan fingerprint density at radius 3 is 2.50 bits per heavy atom. The van der Waals surface area contributed by atoms with E-state index in [0.717, 1.165) is 4.68 Å². The number of benzene rings is 2. The first-order valence-electron chi connectivity index (χ1n) is 8.49. The predicted octanol–water partition coefficient (Wildman–Crippen LogP) is 0.535. The number of fused-ring (bicyclic) bond motifs is 2. The van der Waals surface area contributed by atoms with E-state index in [4.69, 9.17) is 9.47 Å². The van der Waals surface area contributed by atoms with Crippen molar-refractivity contribution in [1.29, 1.82) is 0 Å². The monoisotopic (exact) mass is 380 g/mol. The van der Waals surface area contributed by atoms with Gasteiger partial charge in [-0.15, -0.1) is 0 Å². The lowest BCUT2D eigenvalue weighted by molar-refractivity contribution is -0.131. The van der Waals surface area contributed by atoms with E-state index < -0.39 is 17.9 Å². The second kappa shape index (κ2) is 7.03. The summed E-state index contributed by atoms with van der Waals surface area (Å²) < 4.78 is 12.2. The maximum absolute atomic E-state index is 12.5. The highest BCUT2D eigenvalue weighted by molar-refractivity contribution is 6.05.